The van der Waals surface area contributed by atoms with Crippen LogP contribution in [0.15, 0.2) is 18.2 Å². The first kappa shape index (κ1) is 23.3. The summed E-state index contributed by atoms with van der Waals surface area (Å²) in [5, 5.41) is 0. The average Bonchev–Trinajstić information content (AvgIpc) is 2.75. The number of alkyl halides is 1. The van der Waals surface area contributed by atoms with Gasteiger partial charge < -0.3 is 0 Å². The Morgan fingerprint density at radius 1 is 0.867 bits per heavy atom. The highest BCUT2D eigenvalue weighted by Crippen LogP contribution is 2.42. The molecule has 168 valence electrons. The molecule has 2 fully saturated rings. The molecule has 0 radical (unpaired) electrons. The summed E-state index contributed by atoms with van der Waals surface area (Å²) in [6, 6.07) is 1.13. The van der Waals surface area contributed by atoms with E-state index in [1.807, 2.05) is 0 Å². The molecule has 1 aromatic rings. The Labute approximate surface area is 179 Å². The fourth-order valence-electron chi connectivity index (χ4n) is 5.59. The van der Waals surface area contributed by atoms with Gasteiger partial charge in [0.1, 0.15) is 0 Å². The van der Waals surface area contributed by atoms with Crippen molar-refractivity contribution in [1.29, 1.82) is 0 Å². The van der Waals surface area contributed by atoms with E-state index < -0.39 is 17.5 Å². The van der Waals surface area contributed by atoms with Crippen molar-refractivity contribution in [2.75, 3.05) is 6.67 Å². The molecule has 0 heterocycles. The highest BCUT2D eigenvalue weighted by Gasteiger charge is 2.29. The number of hydrogen-bond donors (Lipinski definition) is 0. The lowest BCUT2D eigenvalue weighted by atomic mass is 9.73. The summed E-state index contributed by atoms with van der Waals surface area (Å²) in [5.41, 5.74) is 0.926. The van der Waals surface area contributed by atoms with Gasteiger partial charge in [-0.25, -0.2) is 13.2 Å². The third-order valence-electron chi connectivity index (χ3n) is 7.45. The van der Waals surface area contributed by atoms with Crippen LogP contribution >= 0.6 is 0 Å². The Bertz CT molecular complexity index is 695. The van der Waals surface area contributed by atoms with Gasteiger partial charge in [0, 0.05) is 0 Å². The Hall–Kier alpha value is -1.32. The van der Waals surface area contributed by atoms with Gasteiger partial charge in [-0.2, -0.15) is 0 Å². The summed E-state index contributed by atoms with van der Waals surface area (Å²) < 4.78 is 53.6. The summed E-state index contributed by atoms with van der Waals surface area (Å²) in [6.45, 7) is 1.45. The molecule has 0 atom stereocenters. The van der Waals surface area contributed by atoms with Gasteiger partial charge >= 0.3 is 0 Å². The average molecular weight is 425 g/mol. The molecule has 3 rings (SSSR count). The first-order chi connectivity index (χ1) is 14.5. The molecule has 2 saturated carbocycles. The number of hydrogen-bond acceptors (Lipinski definition) is 0. The summed E-state index contributed by atoms with van der Waals surface area (Å²) >= 11 is 0. The van der Waals surface area contributed by atoms with Gasteiger partial charge in [-0.1, -0.05) is 25.0 Å². The highest BCUT2D eigenvalue weighted by molar-refractivity contribution is 5.33. The van der Waals surface area contributed by atoms with E-state index in [1.54, 1.807) is 6.92 Å². The Balaban J connectivity index is 1.39. The quantitative estimate of drug-likeness (QED) is 0.170. The summed E-state index contributed by atoms with van der Waals surface area (Å²) in [7, 11) is 0. The predicted molar refractivity (Wildman–Crippen MR) is 115 cm³/mol. The molecule has 30 heavy (non-hydrogen) atoms. The second kappa shape index (κ2) is 11.3. The zero-order valence-corrected chi connectivity index (χ0v) is 18.2. The second-order valence-corrected chi connectivity index (χ2v) is 9.55. The lowest BCUT2D eigenvalue weighted by Crippen LogP contribution is -2.18. The first-order valence-electron chi connectivity index (χ1n) is 11.9. The van der Waals surface area contributed by atoms with Gasteiger partial charge in [-0.05, 0) is 112 Å². The zero-order chi connectivity index (χ0) is 21.5. The van der Waals surface area contributed by atoms with Crippen LogP contribution in [-0.4, -0.2) is 6.67 Å². The Kier molecular flexibility index (Phi) is 8.83. The maximum absolute atomic E-state index is 14.3. The van der Waals surface area contributed by atoms with E-state index in [2.05, 4.69) is 12.2 Å². The van der Waals surface area contributed by atoms with Crippen LogP contribution in [0.4, 0.5) is 17.6 Å². The molecule has 0 nitrogen and oxygen atoms in total. The van der Waals surface area contributed by atoms with Gasteiger partial charge in [0.05, 0.1) is 6.67 Å². The van der Waals surface area contributed by atoms with Crippen LogP contribution in [0.2, 0.25) is 0 Å². The van der Waals surface area contributed by atoms with Crippen LogP contribution < -0.4 is 0 Å². The standard InChI is InChI=1S/C26H36F4/c1-18-17-23(28)25(29)26(30)24(18)22-14-12-21(13-15-22)11-10-20-8-6-19(7-9-20)5-3-2-4-16-27/h3,5,17,19-22H,2,4,6-16H2,1H3/b5-3+. The third-order valence-corrected chi connectivity index (χ3v) is 7.45. The van der Waals surface area contributed by atoms with Gasteiger partial charge in [0.15, 0.2) is 17.5 Å². The van der Waals surface area contributed by atoms with Crippen LogP contribution in [-0.2, 0) is 0 Å². The Morgan fingerprint density at radius 3 is 2.07 bits per heavy atom. The molecule has 0 N–H and O–H groups in total. The van der Waals surface area contributed by atoms with Gasteiger partial charge in [-0.15, -0.1) is 0 Å². The SMILES string of the molecule is Cc1cc(F)c(F)c(F)c1C1CCC(CCC2CCC(/C=C/CCCF)CC2)CC1. The number of benzene rings is 1. The fourth-order valence-corrected chi connectivity index (χ4v) is 5.59. The minimum absolute atomic E-state index is 0.0102. The van der Waals surface area contributed by atoms with Crippen LogP contribution in [0.3, 0.4) is 0 Å². The normalized spacial score (nSPS) is 27.6. The summed E-state index contributed by atoms with van der Waals surface area (Å²) in [5.74, 6) is -1.23. The molecule has 2 aliphatic rings. The minimum atomic E-state index is -1.33. The van der Waals surface area contributed by atoms with Crippen molar-refractivity contribution in [2.24, 2.45) is 17.8 Å². The molecule has 0 saturated heterocycles. The molecule has 0 unspecified atom stereocenters. The zero-order valence-electron chi connectivity index (χ0n) is 18.2. The number of halogens is 4. The van der Waals surface area contributed by atoms with E-state index in [1.165, 1.54) is 38.5 Å². The van der Waals surface area contributed by atoms with Crippen molar-refractivity contribution >= 4 is 0 Å². The van der Waals surface area contributed by atoms with Crippen LogP contribution in [0.1, 0.15) is 94.1 Å². The second-order valence-electron chi connectivity index (χ2n) is 9.55. The van der Waals surface area contributed by atoms with Gasteiger partial charge in [-0.3, -0.25) is 4.39 Å². The van der Waals surface area contributed by atoms with Crippen molar-refractivity contribution in [3.05, 3.63) is 46.8 Å². The topological polar surface area (TPSA) is 0 Å². The molecule has 2 aliphatic carbocycles. The summed E-state index contributed by atoms with van der Waals surface area (Å²) in [6.07, 6.45) is 17.3. The highest BCUT2D eigenvalue weighted by atomic mass is 19.2. The first-order valence-corrected chi connectivity index (χ1v) is 11.9. The maximum Gasteiger partial charge on any atom is 0.194 e. The molecule has 0 aliphatic heterocycles. The largest absolute Gasteiger partial charge is 0.251 e. The van der Waals surface area contributed by atoms with E-state index in [9.17, 15) is 17.6 Å². The molecule has 0 bridgehead atoms. The van der Waals surface area contributed by atoms with Crippen molar-refractivity contribution in [1.82, 2.24) is 0 Å². The van der Waals surface area contributed by atoms with Gasteiger partial charge in [0.25, 0.3) is 0 Å². The lowest BCUT2D eigenvalue weighted by molar-refractivity contribution is 0.244. The minimum Gasteiger partial charge on any atom is -0.251 e. The molecule has 0 amide bonds. The number of aryl methyl sites for hydroxylation is 1. The van der Waals surface area contributed by atoms with Gasteiger partial charge in [0.2, 0.25) is 0 Å². The van der Waals surface area contributed by atoms with Crippen molar-refractivity contribution in [3.8, 4) is 0 Å². The molecule has 0 aromatic heterocycles. The summed E-state index contributed by atoms with van der Waals surface area (Å²) in [4.78, 5) is 0. The molecular weight excluding hydrogens is 388 g/mol. The van der Waals surface area contributed by atoms with Crippen LogP contribution in [0, 0.1) is 42.1 Å². The monoisotopic (exact) mass is 424 g/mol. The predicted octanol–water partition coefficient (Wildman–Crippen LogP) is 8.58. The fraction of sp³-hybridized carbons (Fsp3) is 0.692. The molecule has 0 spiro atoms. The molecule has 1 aromatic carbocycles. The number of rotatable bonds is 8. The van der Waals surface area contributed by atoms with E-state index in [0.717, 1.165) is 44.1 Å². The lowest BCUT2D eigenvalue weighted by Gasteiger charge is -2.32. The van der Waals surface area contributed by atoms with E-state index in [-0.39, 0.29) is 12.6 Å². The molecule has 4 heteroatoms. The Morgan fingerprint density at radius 2 is 1.47 bits per heavy atom. The van der Waals surface area contributed by atoms with E-state index >= 15 is 0 Å². The molecular formula is C26H36F4. The van der Waals surface area contributed by atoms with Crippen molar-refractivity contribution in [2.45, 2.75) is 89.9 Å². The third kappa shape index (κ3) is 6.11. The number of allylic oxidation sites excluding steroid dienone is 2. The maximum atomic E-state index is 14.3. The van der Waals surface area contributed by atoms with E-state index in [0.29, 0.717) is 29.4 Å². The van der Waals surface area contributed by atoms with E-state index in [4.69, 9.17) is 0 Å². The smallest absolute Gasteiger partial charge is 0.194 e. The van der Waals surface area contributed by atoms with Crippen molar-refractivity contribution < 1.29 is 17.6 Å². The van der Waals surface area contributed by atoms with Crippen LogP contribution in [0.5, 0.6) is 0 Å². The van der Waals surface area contributed by atoms with Crippen molar-refractivity contribution in [3.63, 3.8) is 0 Å². The number of unbranched alkanes of at least 4 members (excludes halogenated alkanes) is 1. The van der Waals surface area contributed by atoms with Crippen LogP contribution in [0.25, 0.3) is 0 Å².